The summed E-state index contributed by atoms with van der Waals surface area (Å²) < 4.78 is 45.1. The summed E-state index contributed by atoms with van der Waals surface area (Å²) in [6, 6.07) is 4.27. The first kappa shape index (κ1) is 18.0. The fraction of sp³-hybridized carbons (Fsp3) is 0.588. The van der Waals surface area contributed by atoms with E-state index in [1.165, 1.54) is 16.0 Å². The molecule has 1 unspecified atom stereocenters. The number of aryl methyl sites for hydroxylation is 2. The molecule has 1 heterocycles. The summed E-state index contributed by atoms with van der Waals surface area (Å²) in [5, 5.41) is 2.90. The van der Waals surface area contributed by atoms with Gasteiger partial charge in [-0.3, -0.25) is 9.89 Å². The number of ether oxygens (including phenoxy) is 1. The lowest BCUT2D eigenvalue weighted by Gasteiger charge is -2.34. The first-order valence-corrected chi connectivity index (χ1v) is 8.51. The molecule has 1 saturated heterocycles. The lowest BCUT2D eigenvalue weighted by atomic mass is 10.1. The molecule has 138 valence electrons. The van der Waals surface area contributed by atoms with Crippen LogP contribution in [-0.4, -0.2) is 55.9 Å². The second-order valence-electron chi connectivity index (χ2n) is 6.39. The van der Waals surface area contributed by atoms with Gasteiger partial charge in [0, 0.05) is 18.8 Å². The number of rotatable bonds is 4. The van der Waals surface area contributed by atoms with Crippen LogP contribution in [0.2, 0.25) is 0 Å². The van der Waals surface area contributed by atoms with Crippen LogP contribution in [0.15, 0.2) is 23.2 Å². The summed E-state index contributed by atoms with van der Waals surface area (Å²) in [5.74, 6) is 0.000423. The molecule has 0 amide bonds. The molecule has 8 heteroatoms. The number of morpholine rings is 1. The Bertz CT molecular complexity index is 627. The van der Waals surface area contributed by atoms with Gasteiger partial charge < -0.3 is 15.8 Å². The number of hydrogen-bond donors (Lipinski definition) is 2. The number of nitrogens with one attached hydrogen (secondary N) is 1. The predicted octanol–water partition coefficient (Wildman–Crippen LogP) is 2.17. The van der Waals surface area contributed by atoms with E-state index in [4.69, 9.17) is 10.5 Å². The Labute approximate surface area is 145 Å². The minimum Gasteiger partial charge on any atom is -0.379 e. The van der Waals surface area contributed by atoms with Crippen molar-refractivity contribution in [3.8, 4) is 0 Å². The molecule has 1 aromatic rings. The van der Waals surface area contributed by atoms with Crippen molar-refractivity contribution in [1.29, 1.82) is 0 Å². The zero-order valence-corrected chi connectivity index (χ0v) is 14.0. The minimum absolute atomic E-state index is 0.000423. The summed E-state index contributed by atoms with van der Waals surface area (Å²) >= 11 is 0. The fourth-order valence-electron chi connectivity index (χ4n) is 3.34. The summed E-state index contributed by atoms with van der Waals surface area (Å²) in [4.78, 5) is 5.29. The molecule has 1 aromatic carbocycles. The molecule has 1 aliphatic heterocycles. The van der Waals surface area contributed by atoms with Gasteiger partial charge in [-0.25, -0.2) is 0 Å². The molecule has 25 heavy (non-hydrogen) atoms. The highest BCUT2D eigenvalue weighted by Gasteiger charge is 2.43. The van der Waals surface area contributed by atoms with E-state index in [1.807, 2.05) is 18.2 Å². The van der Waals surface area contributed by atoms with E-state index >= 15 is 0 Å². The van der Waals surface area contributed by atoms with Crippen LogP contribution in [-0.2, 0) is 17.6 Å². The SMILES string of the molecule is NC(=NCC(N1CCOCC1)C(F)(F)F)Nc1ccc2c(c1)CCC2. The molecule has 1 fully saturated rings. The lowest BCUT2D eigenvalue weighted by Crippen LogP contribution is -2.52. The smallest absolute Gasteiger partial charge is 0.379 e. The zero-order chi connectivity index (χ0) is 17.9. The first-order chi connectivity index (χ1) is 11.9. The minimum atomic E-state index is -4.35. The van der Waals surface area contributed by atoms with Crippen molar-refractivity contribution in [3.63, 3.8) is 0 Å². The molecule has 1 atom stereocenters. The van der Waals surface area contributed by atoms with Crippen LogP contribution in [0.5, 0.6) is 0 Å². The molecule has 0 bridgehead atoms. The Kier molecular flexibility index (Phi) is 5.48. The van der Waals surface area contributed by atoms with Gasteiger partial charge in [0.25, 0.3) is 0 Å². The van der Waals surface area contributed by atoms with Gasteiger partial charge in [-0.15, -0.1) is 0 Å². The van der Waals surface area contributed by atoms with E-state index in [-0.39, 0.29) is 19.0 Å². The van der Waals surface area contributed by atoms with Gasteiger partial charge in [0.2, 0.25) is 0 Å². The van der Waals surface area contributed by atoms with Crippen LogP contribution in [0.1, 0.15) is 17.5 Å². The van der Waals surface area contributed by atoms with Crippen molar-refractivity contribution >= 4 is 11.6 Å². The van der Waals surface area contributed by atoms with Crippen LogP contribution < -0.4 is 11.1 Å². The molecule has 3 rings (SSSR count). The predicted molar refractivity (Wildman–Crippen MR) is 90.8 cm³/mol. The third-order valence-corrected chi connectivity index (χ3v) is 4.67. The summed E-state index contributed by atoms with van der Waals surface area (Å²) in [6.45, 7) is 0.682. The van der Waals surface area contributed by atoms with Gasteiger partial charge >= 0.3 is 6.18 Å². The maximum absolute atomic E-state index is 13.3. The van der Waals surface area contributed by atoms with E-state index in [0.717, 1.165) is 24.9 Å². The third-order valence-electron chi connectivity index (χ3n) is 4.67. The maximum Gasteiger partial charge on any atom is 0.405 e. The van der Waals surface area contributed by atoms with Gasteiger partial charge in [0.1, 0.15) is 6.04 Å². The van der Waals surface area contributed by atoms with Gasteiger partial charge in [-0.1, -0.05) is 6.07 Å². The summed E-state index contributed by atoms with van der Waals surface area (Å²) in [6.07, 6.45) is -1.12. The number of guanidine groups is 1. The molecule has 0 saturated carbocycles. The molecule has 0 spiro atoms. The topological polar surface area (TPSA) is 62.9 Å². The van der Waals surface area contributed by atoms with E-state index in [0.29, 0.717) is 13.2 Å². The average molecular weight is 356 g/mol. The Balaban J connectivity index is 1.63. The molecule has 5 nitrogen and oxygen atoms in total. The standard InChI is InChI=1S/C17H23F3N4O/c18-17(19,20)15(24-6-8-25-9-7-24)11-22-16(21)23-14-5-4-12-2-1-3-13(12)10-14/h4-5,10,15H,1-3,6-9,11H2,(H3,21,22,23). The van der Waals surface area contributed by atoms with E-state index in [2.05, 4.69) is 10.3 Å². The van der Waals surface area contributed by atoms with Crippen LogP contribution in [0.25, 0.3) is 0 Å². The van der Waals surface area contributed by atoms with Gasteiger partial charge in [-0.05, 0) is 42.5 Å². The van der Waals surface area contributed by atoms with Crippen molar-refractivity contribution in [3.05, 3.63) is 29.3 Å². The molecule has 3 N–H and O–H groups in total. The Morgan fingerprint density at radius 3 is 2.68 bits per heavy atom. The summed E-state index contributed by atoms with van der Waals surface area (Å²) in [5.41, 5.74) is 9.15. The molecular formula is C17H23F3N4O. The average Bonchev–Trinajstić information content (AvgIpc) is 3.02. The second-order valence-corrected chi connectivity index (χ2v) is 6.39. The van der Waals surface area contributed by atoms with Crippen molar-refractivity contribution < 1.29 is 17.9 Å². The number of fused-ring (bicyclic) bond motifs is 1. The monoisotopic (exact) mass is 356 g/mol. The summed E-state index contributed by atoms with van der Waals surface area (Å²) in [7, 11) is 0. The van der Waals surface area contributed by atoms with Gasteiger partial charge in [-0.2, -0.15) is 13.2 Å². The number of alkyl halides is 3. The molecular weight excluding hydrogens is 333 g/mol. The number of aliphatic imine (C=N–C) groups is 1. The van der Waals surface area contributed by atoms with Gasteiger partial charge in [0.15, 0.2) is 5.96 Å². The molecule has 0 aromatic heterocycles. The van der Waals surface area contributed by atoms with Crippen molar-refractivity contribution in [1.82, 2.24) is 4.90 Å². The zero-order valence-electron chi connectivity index (χ0n) is 14.0. The second kappa shape index (κ2) is 7.61. The first-order valence-electron chi connectivity index (χ1n) is 8.51. The normalized spacial score (nSPS) is 20.4. The number of halogens is 3. The fourth-order valence-corrected chi connectivity index (χ4v) is 3.34. The molecule has 2 aliphatic rings. The Morgan fingerprint density at radius 1 is 1.24 bits per heavy atom. The van der Waals surface area contributed by atoms with E-state index < -0.39 is 18.8 Å². The van der Waals surface area contributed by atoms with Crippen molar-refractivity contribution in [2.75, 3.05) is 38.2 Å². The number of anilines is 1. The maximum atomic E-state index is 13.3. The third kappa shape index (κ3) is 4.64. The van der Waals surface area contributed by atoms with Crippen LogP contribution >= 0.6 is 0 Å². The highest BCUT2D eigenvalue weighted by Crippen LogP contribution is 2.26. The van der Waals surface area contributed by atoms with E-state index in [9.17, 15) is 13.2 Å². The van der Waals surface area contributed by atoms with Crippen LogP contribution in [0.4, 0.5) is 18.9 Å². The Hall–Kier alpha value is -1.80. The number of nitrogens with two attached hydrogens (primary N) is 1. The van der Waals surface area contributed by atoms with Crippen molar-refractivity contribution in [2.45, 2.75) is 31.5 Å². The molecule has 1 aliphatic carbocycles. The largest absolute Gasteiger partial charge is 0.405 e. The van der Waals surface area contributed by atoms with Crippen LogP contribution in [0.3, 0.4) is 0 Å². The number of nitrogens with zero attached hydrogens (tertiary/aromatic N) is 2. The Morgan fingerprint density at radius 2 is 1.96 bits per heavy atom. The van der Waals surface area contributed by atoms with Crippen LogP contribution in [0, 0.1) is 0 Å². The lowest BCUT2D eigenvalue weighted by molar-refractivity contribution is -0.188. The highest BCUT2D eigenvalue weighted by molar-refractivity contribution is 5.92. The van der Waals surface area contributed by atoms with E-state index in [1.54, 1.807) is 0 Å². The van der Waals surface area contributed by atoms with Crippen molar-refractivity contribution in [2.24, 2.45) is 10.7 Å². The highest BCUT2D eigenvalue weighted by atomic mass is 19.4. The van der Waals surface area contributed by atoms with Gasteiger partial charge in [0.05, 0.1) is 19.8 Å². The number of benzene rings is 1. The number of hydrogen-bond acceptors (Lipinski definition) is 3. The quantitative estimate of drug-likeness (QED) is 0.641. The molecule has 0 radical (unpaired) electrons.